The van der Waals surface area contributed by atoms with Crippen LogP contribution >= 0.6 is 0 Å². The van der Waals surface area contributed by atoms with Gasteiger partial charge in [0.2, 0.25) is 0 Å². The molecule has 0 radical (unpaired) electrons. The molecule has 142 valence electrons. The summed E-state index contributed by atoms with van der Waals surface area (Å²) in [5.74, 6) is -2.99. The summed E-state index contributed by atoms with van der Waals surface area (Å²) in [7, 11) is 0. The van der Waals surface area contributed by atoms with Crippen LogP contribution in [0.25, 0.3) is 0 Å². The van der Waals surface area contributed by atoms with Gasteiger partial charge in [-0.3, -0.25) is 14.4 Å². The fraction of sp³-hybridized carbons (Fsp3) is 0.250. The maximum absolute atomic E-state index is 13.9. The van der Waals surface area contributed by atoms with E-state index in [0.29, 0.717) is 12.0 Å². The largest absolute Gasteiger partial charge is 0.480 e. The van der Waals surface area contributed by atoms with Crippen molar-refractivity contribution >= 4 is 23.5 Å². The van der Waals surface area contributed by atoms with Crippen LogP contribution in [-0.4, -0.2) is 40.9 Å². The monoisotopic (exact) mass is 372 g/mol. The third kappa shape index (κ3) is 4.91. The molecule has 2 amide bonds. The van der Waals surface area contributed by atoms with Gasteiger partial charge in [0.15, 0.2) is 0 Å². The average molecular weight is 372 g/mol. The van der Waals surface area contributed by atoms with E-state index >= 15 is 0 Å². The summed E-state index contributed by atoms with van der Waals surface area (Å²) in [6.45, 7) is 3.36. The van der Waals surface area contributed by atoms with E-state index in [0.717, 1.165) is 0 Å². The van der Waals surface area contributed by atoms with Gasteiger partial charge in [0.1, 0.15) is 12.4 Å². The number of anilines is 1. The van der Waals surface area contributed by atoms with Gasteiger partial charge in [-0.15, -0.1) is 0 Å². The van der Waals surface area contributed by atoms with Crippen molar-refractivity contribution in [1.82, 2.24) is 4.90 Å². The van der Waals surface area contributed by atoms with Gasteiger partial charge in [0, 0.05) is 6.54 Å². The molecule has 6 nitrogen and oxygen atoms in total. The van der Waals surface area contributed by atoms with Crippen LogP contribution in [0.5, 0.6) is 0 Å². The molecule has 0 heterocycles. The van der Waals surface area contributed by atoms with E-state index in [1.54, 1.807) is 19.1 Å². The van der Waals surface area contributed by atoms with Gasteiger partial charge in [0.05, 0.1) is 16.8 Å². The van der Waals surface area contributed by atoms with Crippen molar-refractivity contribution < 1.29 is 23.9 Å². The number of rotatable bonds is 7. The predicted octanol–water partition coefficient (Wildman–Crippen LogP) is 3.32. The van der Waals surface area contributed by atoms with Crippen molar-refractivity contribution in [3.8, 4) is 0 Å². The summed E-state index contributed by atoms with van der Waals surface area (Å²) in [4.78, 5) is 37.6. The fourth-order valence-corrected chi connectivity index (χ4v) is 2.69. The first kappa shape index (κ1) is 20.1. The number of aliphatic carboxylic acids is 1. The Bertz CT molecular complexity index is 867. The number of para-hydroxylation sites is 1. The summed E-state index contributed by atoms with van der Waals surface area (Å²) >= 11 is 0. The molecule has 0 spiro atoms. The maximum Gasteiger partial charge on any atom is 0.323 e. The molecular formula is C20H21FN2O4. The first-order valence-electron chi connectivity index (χ1n) is 8.51. The zero-order chi connectivity index (χ0) is 20.0. The molecule has 0 bridgehead atoms. The zero-order valence-corrected chi connectivity index (χ0v) is 15.2. The first-order valence-corrected chi connectivity index (χ1v) is 8.51. The molecule has 2 rings (SSSR count). The summed E-state index contributed by atoms with van der Waals surface area (Å²) < 4.78 is 13.9. The third-order valence-corrected chi connectivity index (χ3v) is 3.97. The fourth-order valence-electron chi connectivity index (χ4n) is 2.69. The molecule has 7 heteroatoms. The van der Waals surface area contributed by atoms with E-state index in [-0.39, 0.29) is 23.4 Å². The first-order chi connectivity index (χ1) is 12.8. The molecule has 0 aliphatic rings. The number of halogens is 1. The van der Waals surface area contributed by atoms with Crippen molar-refractivity contribution in [3.05, 3.63) is 65.0 Å². The molecule has 0 saturated heterocycles. The molecule has 0 fully saturated rings. The molecule has 2 N–H and O–H groups in total. The summed E-state index contributed by atoms with van der Waals surface area (Å²) in [5.41, 5.74) is 0.865. The molecule has 0 aromatic heterocycles. The number of carbonyl (C=O) groups is 3. The van der Waals surface area contributed by atoms with Gasteiger partial charge in [-0.25, -0.2) is 4.39 Å². The quantitative estimate of drug-likeness (QED) is 0.781. The lowest BCUT2D eigenvalue weighted by atomic mass is 10.1. The minimum atomic E-state index is -1.12. The standard InChI is InChI=1S/C20H21FN2O4/c1-3-11-23(12-17(24)25)20(27)15-9-6-7-13(2)18(15)22-19(26)14-8-4-5-10-16(14)21/h4-10H,3,11-12H2,1-2H3,(H,22,26)(H,24,25). The minimum absolute atomic E-state index is 0.143. The Balaban J connectivity index is 2.38. The van der Waals surface area contributed by atoms with Crippen molar-refractivity contribution in [1.29, 1.82) is 0 Å². The van der Waals surface area contributed by atoms with Crippen molar-refractivity contribution in [2.75, 3.05) is 18.4 Å². The Morgan fingerprint density at radius 3 is 2.37 bits per heavy atom. The normalized spacial score (nSPS) is 10.3. The molecule has 2 aromatic carbocycles. The van der Waals surface area contributed by atoms with Crippen LogP contribution < -0.4 is 5.32 Å². The van der Waals surface area contributed by atoms with E-state index in [4.69, 9.17) is 5.11 Å². The highest BCUT2D eigenvalue weighted by Crippen LogP contribution is 2.23. The number of carboxylic acid groups (broad SMARTS) is 1. The van der Waals surface area contributed by atoms with E-state index in [9.17, 15) is 18.8 Å². The Hall–Kier alpha value is -3.22. The number of nitrogens with zero attached hydrogens (tertiary/aromatic N) is 1. The second-order valence-corrected chi connectivity index (χ2v) is 6.05. The van der Waals surface area contributed by atoms with E-state index < -0.39 is 30.1 Å². The molecule has 0 aliphatic carbocycles. The second-order valence-electron chi connectivity index (χ2n) is 6.05. The summed E-state index contributed by atoms with van der Waals surface area (Å²) in [6.07, 6.45) is 0.585. The Morgan fingerprint density at radius 2 is 1.74 bits per heavy atom. The van der Waals surface area contributed by atoms with Gasteiger partial charge in [-0.05, 0) is 37.1 Å². The van der Waals surface area contributed by atoms with Crippen LogP contribution in [0.4, 0.5) is 10.1 Å². The summed E-state index contributed by atoms with van der Waals surface area (Å²) in [5, 5.41) is 11.6. The number of benzene rings is 2. The van der Waals surface area contributed by atoms with Crippen molar-refractivity contribution in [2.45, 2.75) is 20.3 Å². The van der Waals surface area contributed by atoms with Crippen LogP contribution in [0.2, 0.25) is 0 Å². The van der Waals surface area contributed by atoms with Crippen LogP contribution in [0.3, 0.4) is 0 Å². The third-order valence-electron chi connectivity index (χ3n) is 3.97. The molecule has 0 unspecified atom stereocenters. The number of hydrogen-bond acceptors (Lipinski definition) is 3. The molecule has 0 saturated carbocycles. The van der Waals surface area contributed by atoms with Crippen LogP contribution in [0.15, 0.2) is 42.5 Å². The average Bonchev–Trinajstić information content (AvgIpc) is 2.62. The lowest BCUT2D eigenvalue weighted by molar-refractivity contribution is -0.137. The van der Waals surface area contributed by atoms with E-state index in [1.807, 2.05) is 6.92 Å². The number of carbonyl (C=O) groups excluding carboxylic acids is 2. The van der Waals surface area contributed by atoms with Crippen LogP contribution in [0, 0.1) is 12.7 Å². The minimum Gasteiger partial charge on any atom is -0.480 e. The highest BCUT2D eigenvalue weighted by molar-refractivity contribution is 6.10. The SMILES string of the molecule is CCCN(CC(=O)O)C(=O)c1cccc(C)c1NC(=O)c1ccccc1F. The van der Waals surface area contributed by atoms with Crippen LogP contribution in [-0.2, 0) is 4.79 Å². The summed E-state index contributed by atoms with van der Waals surface area (Å²) in [6, 6.07) is 10.4. The lowest BCUT2D eigenvalue weighted by Crippen LogP contribution is -2.36. The van der Waals surface area contributed by atoms with Crippen molar-refractivity contribution in [3.63, 3.8) is 0 Å². The second kappa shape index (κ2) is 8.93. The molecule has 2 aromatic rings. The number of nitrogens with one attached hydrogen (secondary N) is 1. The zero-order valence-electron chi connectivity index (χ0n) is 15.2. The van der Waals surface area contributed by atoms with E-state index in [1.165, 1.54) is 35.2 Å². The number of amides is 2. The van der Waals surface area contributed by atoms with Crippen LogP contribution in [0.1, 0.15) is 39.6 Å². The predicted molar refractivity (Wildman–Crippen MR) is 99.4 cm³/mol. The van der Waals surface area contributed by atoms with Gasteiger partial charge < -0.3 is 15.3 Å². The maximum atomic E-state index is 13.9. The Labute approximate surface area is 156 Å². The smallest absolute Gasteiger partial charge is 0.323 e. The van der Waals surface area contributed by atoms with Gasteiger partial charge in [-0.1, -0.05) is 31.2 Å². The van der Waals surface area contributed by atoms with Gasteiger partial charge in [0.25, 0.3) is 11.8 Å². The molecule has 0 aliphatic heterocycles. The molecular weight excluding hydrogens is 351 g/mol. The molecule has 0 atom stereocenters. The molecule has 27 heavy (non-hydrogen) atoms. The van der Waals surface area contributed by atoms with Gasteiger partial charge in [-0.2, -0.15) is 0 Å². The topological polar surface area (TPSA) is 86.7 Å². The van der Waals surface area contributed by atoms with Gasteiger partial charge >= 0.3 is 5.97 Å². The van der Waals surface area contributed by atoms with E-state index in [2.05, 4.69) is 5.32 Å². The number of aryl methyl sites for hydroxylation is 1. The highest BCUT2D eigenvalue weighted by atomic mass is 19.1. The Morgan fingerprint density at radius 1 is 1.07 bits per heavy atom. The Kier molecular flexibility index (Phi) is 6.65. The lowest BCUT2D eigenvalue weighted by Gasteiger charge is -2.22. The van der Waals surface area contributed by atoms with Crippen molar-refractivity contribution in [2.24, 2.45) is 0 Å². The highest BCUT2D eigenvalue weighted by Gasteiger charge is 2.23. The number of hydrogen-bond donors (Lipinski definition) is 2. The number of carboxylic acids is 1.